The number of hydrogen-bond donors (Lipinski definition) is 0. The predicted octanol–water partition coefficient (Wildman–Crippen LogP) is 3.42. The summed E-state index contributed by atoms with van der Waals surface area (Å²) in [4.78, 5) is 13.4. The second-order valence-electron chi connectivity index (χ2n) is 5.43. The average molecular weight is 285 g/mol. The van der Waals surface area contributed by atoms with Crippen LogP contribution in [0.4, 0.5) is 13.2 Å². The molecule has 0 bridgehead atoms. The Morgan fingerprint density at radius 3 is 1.95 bits per heavy atom. The number of allylic oxidation sites excluding steroid dienone is 1. The first-order valence-electron chi connectivity index (χ1n) is 6.12. The van der Waals surface area contributed by atoms with Gasteiger partial charge in [-0.05, 0) is 6.92 Å². The van der Waals surface area contributed by atoms with Crippen molar-refractivity contribution in [1.29, 1.82) is 0 Å². The molecule has 5 heteroatoms. The van der Waals surface area contributed by atoms with Crippen LogP contribution in [0, 0.1) is 17.5 Å². The molecular weight excluding hydrogens is 267 g/mol. The second-order valence-corrected chi connectivity index (χ2v) is 5.43. The van der Waals surface area contributed by atoms with Gasteiger partial charge in [0.2, 0.25) is 0 Å². The summed E-state index contributed by atoms with van der Waals surface area (Å²) in [5.74, 6) is -3.29. The van der Waals surface area contributed by atoms with E-state index in [1.165, 1.54) is 27.0 Å². The molecule has 1 aromatic rings. The van der Waals surface area contributed by atoms with E-state index in [1.54, 1.807) is 19.0 Å². The van der Waals surface area contributed by atoms with Crippen LogP contribution in [-0.2, 0) is 10.2 Å². The van der Waals surface area contributed by atoms with Crippen molar-refractivity contribution >= 4 is 5.78 Å². The molecule has 110 valence electrons. The van der Waals surface area contributed by atoms with Gasteiger partial charge < -0.3 is 4.90 Å². The van der Waals surface area contributed by atoms with Crippen LogP contribution in [0.5, 0.6) is 0 Å². The minimum Gasteiger partial charge on any atom is -0.383 e. The zero-order valence-electron chi connectivity index (χ0n) is 12.2. The van der Waals surface area contributed by atoms with Gasteiger partial charge in [-0.1, -0.05) is 13.8 Å². The van der Waals surface area contributed by atoms with Gasteiger partial charge in [0.05, 0.1) is 0 Å². The van der Waals surface area contributed by atoms with E-state index in [0.29, 0.717) is 12.1 Å². The lowest BCUT2D eigenvalue weighted by Crippen LogP contribution is -2.29. The van der Waals surface area contributed by atoms with Crippen LogP contribution in [0.1, 0.15) is 26.3 Å². The fraction of sp³-hybridized carbons (Fsp3) is 0.400. The molecular formula is C15H18F3NO. The summed E-state index contributed by atoms with van der Waals surface area (Å²) < 4.78 is 40.9. The molecule has 0 heterocycles. The molecule has 1 aromatic carbocycles. The van der Waals surface area contributed by atoms with E-state index >= 15 is 0 Å². The molecule has 0 saturated heterocycles. The number of nitrogens with zero attached hydrogens (tertiary/aromatic N) is 1. The van der Waals surface area contributed by atoms with Crippen LogP contribution >= 0.6 is 0 Å². The summed E-state index contributed by atoms with van der Waals surface area (Å²) in [7, 11) is 3.41. The maximum atomic E-state index is 13.9. The lowest BCUT2D eigenvalue weighted by atomic mass is 9.75. The van der Waals surface area contributed by atoms with Gasteiger partial charge in [-0.3, -0.25) is 4.79 Å². The number of carbonyl (C=O) groups is 1. The van der Waals surface area contributed by atoms with Crippen molar-refractivity contribution in [2.45, 2.75) is 26.2 Å². The van der Waals surface area contributed by atoms with Gasteiger partial charge in [-0.15, -0.1) is 0 Å². The van der Waals surface area contributed by atoms with Crippen LogP contribution in [0.3, 0.4) is 0 Å². The Balaban J connectivity index is 3.53. The van der Waals surface area contributed by atoms with E-state index < -0.39 is 22.9 Å². The third-order valence-corrected chi connectivity index (χ3v) is 3.07. The zero-order valence-corrected chi connectivity index (χ0v) is 12.2. The van der Waals surface area contributed by atoms with E-state index in [0.717, 1.165) is 0 Å². The average Bonchev–Trinajstić information content (AvgIpc) is 2.22. The Kier molecular flexibility index (Phi) is 4.63. The first-order valence-corrected chi connectivity index (χ1v) is 6.12. The molecule has 0 aliphatic rings. The highest BCUT2D eigenvalue weighted by Crippen LogP contribution is 2.36. The van der Waals surface area contributed by atoms with E-state index in [4.69, 9.17) is 0 Å². The number of rotatable bonds is 4. The first-order chi connectivity index (χ1) is 9.07. The molecule has 0 N–H and O–H groups in total. The standard InChI is InChI=1S/C15H18F3NO/c1-9(20)11(8-19(4)5)15(2,3)14-12(17)6-10(16)7-13(14)18/h6-8H,1-5H3. The van der Waals surface area contributed by atoms with Crippen molar-refractivity contribution in [3.8, 4) is 0 Å². The van der Waals surface area contributed by atoms with Gasteiger partial charge in [0.15, 0.2) is 5.78 Å². The highest BCUT2D eigenvalue weighted by atomic mass is 19.1. The molecule has 0 spiro atoms. The molecule has 0 aliphatic carbocycles. The van der Waals surface area contributed by atoms with Crippen LogP contribution in [0.25, 0.3) is 0 Å². The normalized spacial score (nSPS) is 12.5. The Labute approximate surface area is 116 Å². The highest BCUT2D eigenvalue weighted by Gasteiger charge is 2.34. The summed E-state index contributed by atoms with van der Waals surface area (Å²) in [6.07, 6.45) is 1.52. The van der Waals surface area contributed by atoms with Gasteiger partial charge in [0.1, 0.15) is 17.5 Å². The molecule has 0 unspecified atom stereocenters. The molecule has 0 saturated carbocycles. The van der Waals surface area contributed by atoms with Crippen molar-refractivity contribution in [3.63, 3.8) is 0 Å². The Morgan fingerprint density at radius 2 is 1.60 bits per heavy atom. The predicted molar refractivity (Wildman–Crippen MR) is 71.8 cm³/mol. The second kappa shape index (κ2) is 5.69. The third-order valence-electron chi connectivity index (χ3n) is 3.07. The first kappa shape index (κ1) is 16.3. The number of Topliss-reactive ketones (excluding diaryl/α,β-unsaturated/α-hetero) is 1. The van der Waals surface area contributed by atoms with Crippen molar-refractivity contribution in [2.75, 3.05) is 14.1 Å². The monoisotopic (exact) mass is 285 g/mol. The van der Waals surface area contributed by atoms with Crippen LogP contribution in [0.2, 0.25) is 0 Å². The maximum absolute atomic E-state index is 13.9. The SMILES string of the molecule is CC(=O)C(=CN(C)C)C(C)(C)c1c(F)cc(F)cc1F. The summed E-state index contributed by atoms with van der Waals surface area (Å²) >= 11 is 0. The molecule has 20 heavy (non-hydrogen) atoms. The third kappa shape index (κ3) is 3.21. The number of carbonyl (C=O) groups excluding carboxylic acids is 1. The van der Waals surface area contributed by atoms with E-state index in [2.05, 4.69) is 0 Å². The number of benzene rings is 1. The van der Waals surface area contributed by atoms with Crippen molar-refractivity contribution < 1.29 is 18.0 Å². The van der Waals surface area contributed by atoms with Crippen molar-refractivity contribution in [2.24, 2.45) is 0 Å². The lowest BCUT2D eigenvalue weighted by Gasteiger charge is -2.29. The maximum Gasteiger partial charge on any atom is 0.158 e. The molecule has 0 amide bonds. The molecule has 0 fully saturated rings. The fourth-order valence-electron chi connectivity index (χ4n) is 2.22. The Morgan fingerprint density at radius 1 is 1.15 bits per heavy atom. The van der Waals surface area contributed by atoms with E-state index in [9.17, 15) is 18.0 Å². The largest absolute Gasteiger partial charge is 0.383 e. The Hall–Kier alpha value is -1.78. The van der Waals surface area contributed by atoms with Crippen LogP contribution in [0.15, 0.2) is 23.9 Å². The minimum absolute atomic E-state index is 0.243. The summed E-state index contributed by atoms with van der Waals surface area (Å²) in [6, 6.07) is 1.24. The molecule has 1 rings (SSSR count). The van der Waals surface area contributed by atoms with E-state index in [1.807, 2.05) is 0 Å². The smallest absolute Gasteiger partial charge is 0.158 e. The minimum atomic E-state index is -1.21. The van der Waals surface area contributed by atoms with Gasteiger partial charge in [0.25, 0.3) is 0 Å². The van der Waals surface area contributed by atoms with Crippen LogP contribution in [-0.4, -0.2) is 24.8 Å². The number of halogens is 3. The molecule has 2 nitrogen and oxygen atoms in total. The quantitative estimate of drug-likeness (QED) is 0.790. The molecule has 0 atom stereocenters. The van der Waals surface area contributed by atoms with Crippen LogP contribution < -0.4 is 0 Å². The Bertz CT molecular complexity index is 539. The molecule has 0 aliphatic heterocycles. The number of hydrogen-bond acceptors (Lipinski definition) is 2. The van der Waals surface area contributed by atoms with Crippen molar-refractivity contribution in [1.82, 2.24) is 4.90 Å². The topological polar surface area (TPSA) is 20.3 Å². The highest BCUT2D eigenvalue weighted by molar-refractivity contribution is 5.95. The van der Waals surface area contributed by atoms with Gasteiger partial charge in [0, 0.05) is 49.0 Å². The summed E-state index contributed by atoms with van der Waals surface area (Å²) in [5, 5.41) is 0. The number of ketones is 1. The van der Waals surface area contributed by atoms with Gasteiger partial charge in [-0.25, -0.2) is 13.2 Å². The summed E-state index contributed by atoms with van der Waals surface area (Å²) in [5.41, 5.74) is -1.29. The van der Waals surface area contributed by atoms with Gasteiger partial charge in [-0.2, -0.15) is 0 Å². The van der Waals surface area contributed by atoms with Crippen molar-refractivity contribution in [3.05, 3.63) is 46.9 Å². The van der Waals surface area contributed by atoms with Gasteiger partial charge >= 0.3 is 0 Å². The van der Waals surface area contributed by atoms with E-state index in [-0.39, 0.29) is 16.9 Å². The molecule has 0 aromatic heterocycles. The summed E-state index contributed by atoms with van der Waals surface area (Å²) in [6.45, 7) is 4.39. The zero-order chi connectivity index (χ0) is 15.7. The fourth-order valence-corrected chi connectivity index (χ4v) is 2.22. The molecule has 0 radical (unpaired) electrons. The lowest BCUT2D eigenvalue weighted by molar-refractivity contribution is -0.114.